The van der Waals surface area contributed by atoms with Gasteiger partial charge in [-0.1, -0.05) is 67.6 Å². The van der Waals surface area contributed by atoms with E-state index in [0.717, 1.165) is 28.8 Å². The predicted octanol–water partition coefficient (Wildman–Crippen LogP) is 6.13. The first-order valence-electron chi connectivity index (χ1n) is 15.3. The highest BCUT2D eigenvalue weighted by molar-refractivity contribution is 5.94. The van der Waals surface area contributed by atoms with Crippen molar-refractivity contribution in [3.05, 3.63) is 89.5 Å². The van der Waals surface area contributed by atoms with E-state index >= 15 is 0 Å². The minimum atomic E-state index is -1.08. The summed E-state index contributed by atoms with van der Waals surface area (Å²) in [6, 6.07) is 22.9. The lowest BCUT2D eigenvalue weighted by molar-refractivity contribution is 0.104. The van der Waals surface area contributed by atoms with Crippen LogP contribution in [0.5, 0.6) is 0 Å². The standard InChI is InChI=1S/C34H36N6O6/c1-33-17-19-38(30(41)44-3)28(33)37(2)27-24(33)14-10-15-25(27)35-36-34-18-20-39(31(42)45-4)29(34)40(26-16-9-8-13-23(26)34)32(43)46-21-22-11-6-5-7-12-22/h5-16,28-29H,17-21H2,1-4H3/b36-35+/t28?,29?,33-,34+/m1/s1. The number of nitrogens with zero attached hydrogens (tertiary/aromatic N) is 6. The molecule has 2 unspecified atom stereocenters. The van der Waals surface area contributed by atoms with Crippen LogP contribution in [0.3, 0.4) is 0 Å². The fraction of sp³-hybridized carbons (Fsp3) is 0.382. The lowest BCUT2D eigenvalue weighted by Crippen LogP contribution is -2.53. The van der Waals surface area contributed by atoms with E-state index in [1.54, 1.807) is 4.90 Å². The summed E-state index contributed by atoms with van der Waals surface area (Å²) < 4.78 is 16.1. The molecule has 2 fully saturated rings. The van der Waals surface area contributed by atoms with Crippen molar-refractivity contribution in [3.63, 3.8) is 0 Å². The quantitative estimate of drug-likeness (QED) is 0.253. The number of carbonyl (C=O) groups excluding carboxylic acids is 3. The van der Waals surface area contributed by atoms with Crippen molar-refractivity contribution >= 4 is 35.3 Å². The lowest BCUT2D eigenvalue weighted by atomic mass is 9.81. The van der Waals surface area contributed by atoms with Crippen molar-refractivity contribution in [3.8, 4) is 0 Å². The Balaban J connectivity index is 1.29. The van der Waals surface area contributed by atoms with Crippen molar-refractivity contribution in [2.45, 2.75) is 49.7 Å². The smallest absolute Gasteiger partial charge is 0.416 e. The highest BCUT2D eigenvalue weighted by atomic mass is 16.6. The monoisotopic (exact) mass is 624 g/mol. The Labute approximate surface area is 267 Å². The van der Waals surface area contributed by atoms with Gasteiger partial charge in [0, 0.05) is 37.5 Å². The van der Waals surface area contributed by atoms with E-state index in [0.29, 0.717) is 30.9 Å². The average Bonchev–Trinajstić information content (AvgIpc) is 3.78. The summed E-state index contributed by atoms with van der Waals surface area (Å²) in [6.07, 6.45) is -1.44. The Kier molecular flexibility index (Phi) is 7.10. The molecule has 0 aromatic heterocycles. The molecule has 4 aliphatic heterocycles. The van der Waals surface area contributed by atoms with Crippen LogP contribution in [0.2, 0.25) is 0 Å². The number of likely N-dealkylation sites (tertiary alicyclic amines) is 2. The van der Waals surface area contributed by atoms with Gasteiger partial charge in [0.25, 0.3) is 0 Å². The molecule has 4 atom stereocenters. The van der Waals surface area contributed by atoms with Gasteiger partial charge in [0.2, 0.25) is 0 Å². The van der Waals surface area contributed by atoms with Gasteiger partial charge in [-0.3, -0.25) is 14.7 Å². The average molecular weight is 625 g/mol. The zero-order chi connectivity index (χ0) is 32.2. The molecule has 0 spiro atoms. The van der Waals surface area contributed by atoms with Gasteiger partial charge in [-0.2, -0.15) is 10.2 Å². The van der Waals surface area contributed by atoms with Crippen LogP contribution in [0.15, 0.2) is 83.0 Å². The molecule has 2 saturated heterocycles. The molecule has 12 nitrogen and oxygen atoms in total. The Hall–Kier alpha value is -5.13. The minimum absolute atomic E-state index is 0.0722. The van der Waals surface area contributed by atoms with Crippen molar-refractivity contribution in [1.82, 2.24) is 9.80 Å². The van der Waals surface area contributed by atoms with Gasteiger partial charge in [-0.05, 0) is 29.7 Å². The lowest BCUT2D eigenvalue weighted by Gasteiger charge is -2.34. The van der Waals surface area contributed by atoms with E-state index in [1.807, 2.05) is 73.8 Å². The molecule has 0 aliphatic carbocycles. The Morgan fingerprint density at radius 3 is 2.20 bits per heavy atom. The minimum Gasteiger partial charge on any atom is -0.453 e. The van der Waals surface area contributed by atoms with Gasteiger partial charge in [-0.15, -0.1) is 0 Å². The molecule has 46 heavy (non-hydrogen) atoms. The second kappa shape index (κ2) is 11.0. The molecule has 3 aromatic carbocycles. The van der Waals surface area contributed by atoms with Crippen molar-refractivity contribution in [2.75, 3.05) is 44.2 Å². The second-order valence-corrected chi connectivity index (χ2v) is 12.3. The zero-order valence-electron chi connectivity index (χ0n) is 26.3. The van der Waals surface area contributed by atoms with Crippen LogP contribution in [-0.4, -0.2) is 74.8 Å². The van der Waals surface area contributed by atoms with Crippen LogP contribution in [-0.2, 0) is 31.8 Å². The van der Waals surface area contributed by atoms with E-state index in [9.17, 15) is 14.4 Å². The maximum Gasteiger partial charge on any atom is 0.416 e. The van der Waals surface area contributed by atoms with Gasteiger partial charge >= 0.3 is 18.3 Å². The Bertz CT molecular complexity index is 1730. The van der Waals surface area contributed by atoms with Crippen LogP contribution in [0, 0.1) is 0 Å². The van der Waals surface area contributed by atoms with Crippen molar-refractivity contribution < 1.29 is 28.6 Å². The van der Waals surface area contributed by atoms with Gasteiger partial charge in [0.05, 0.1) is 25.6 Å². The SMILES string of the molecule is COC(=O)N1CC[C@]2(/N=N/c3cccc4c3N(C)C3N(C(=O)OC)CC[C@]43C)c3ccccc3N(C(=O)OCc3ccccc3)C12. The summed E-state index contributed by atoms with van der Waals surface area (Å²) in [5, 5.41) is 9.93. The predicted molar refractivity (Wildman–Crippen MR) is 169 cm³/mol. The number of hydrogen-bond donors (Lipinski definition) is 0. The number of benzene rings is 3. The van der Waals surface area contributed by atoms with Crippen molar-refractivity contribution in [2.24, 2.45) is 10.2 Å². The molecule has 4 heterocycles. The third-order valence-corrected chi connectivity index (χ3v) is 9.97. The molecule has 3 amide bonds. The number of rotatable bonds is 4. The zero-order valence-corrected chi connectivity index (χ0v) is 26.3. The van der Waals surface area contributed by atoms with E-state index in [-0.39, 0.29) is 24.3 Å². The molecule has 4 aliphatic rings. The van der Waals surface area contributed by atoms with Gasteiger partial charge in [0.15, 0.2) is 0 Å². The van der Waals surface area contributed by atoms with E-state index in [1.165, 1.54) is 24.0 Å². The van der Waals surface area contributed by atoms with Crippen LogP contribution >= 0.6 is 0 Å². The maximum atomic E-state index is 13.9. The molecule has 0 bridgehead atoms. The van der Waals surface area contributed by atoms with E-state index in [2.05, 4.69) is 17.9 Å². The summed E-state index contributed by atoms with van der Waals surface area (Å²) in [5.74, 6) is 0. The summed E-state index contributed by atoms with van der Waals surface area (Å²) in [4.78, 5) is 46.5. The molecule has 0 saturated carbocycles. The van der Waals surface area contributed by atoms with Crippen LogP contribution in [0.1, 0.15) is 36.5 Å². The summed E-state index contributed by atoms with van der Waals surface area (Å²) in [5.41, 5.74) is 3.42. The summed E-state index contributed by atoms with van der Waals surface area (Å²) in [7, 11) is 4.68. The number of anilines is 2. The molecule has 3 aromatic rings. The number of ether oxygens (including phenoxy) is 3. The highest BCUT2D eigenvalue weighted by Gasteiger charge is 2.62. The number of hydrogen-bond acceptors (Lipinski definition) is 9. The molecule has 238 valence electrons. The molecule has 12 heteroatoms. The maximum absolute atomic E-state index is 13.9. The number of methoxy groups -OCH3 is 2. The molecular weight excluding hydrogens is 588 g/mol. The first-order chi connectivity index (χ1) is 22.2. The molecule has 0 N–H and O–H groups in total. The van der Waals surface area contributed by atoms with Gasteiger partial charge in [0.1, 0.15) is 30.2 Å². The van der Waals surface area contributed by atoms with Crippen LogP contribution in [0.4, 0.5) is 31.4 Å². The number of azo groups is 1. The van der Waals surface area contributed by atoms with Crippen LogP contribution in [0.25, 0.3) is 0 Å². The fourth-order valence-corrected chi connectivity index (χ4v) is 7.93. The normalized spacial score (nSPS) is 25.7. The summed E-state index contributed by atoms with van der Waals surface area (Å²) in [6.45, 7) is 3.12. The number of amides is 3. The third kappa shape index (κ3) is 4.22. The topological polar surface area (TPSA) is 117 Å². The molecule has 7 rings (SSSR count). The fourth-order valence-electron chi connectivity index (χ4n) is 7.93. The first-order valence-corrected chi connectivity index (χ1v) is 15.3. The van der Waals surface area contributed by atoms with E-state index < -0.39 is 23.9 Å². The molecule has 0 radical (unpaired) electrons. The van der Waals surface area contributed by atoms with Crippen LogP contribution < -0.4 is 9.80 Å². The first kappa shape index (κ1) is 29.6. The van der Waals surface area contributed by atoms with Gasteiger partial charge < -0.3 is 19.1 Å². The number of likely N-dealkylation sites (N-methyl/N-ethyl adjacent to an activating group) is 1. The second-order valence-electron chi connectivity index (χ2n) is 12.3. The Morgan fingerprint density at radius 1 is 0.804 bits per heavy atom. The molecular formula is C34H36N6O6. The highest BCUT2D eigenvalue weighted by Crippen LogP contribution is 2.57. The third-order valence-electron chi connectivity index (χ3n) is 9.97. The number of fused-ring (bicyclic) bond motifs is 6. The van der Waals surface area contributed by atoms with E-state index in [4.69, 9.17) is 24.4 Å². The Morgan fingerprint density at radius 2 is 1.46 bits per heavy atom. The van der Waals surface area contributed by atoms with Gasteiger partial charge in [-0.25, -0.2) is 14.4 Å². The largest absolute Gasteiger partial charge is 0.453 e. The van der Waals surface area contributed by atoms with Crippen molar-refractivity contribution in [1.29, 1.82) is 0 Å². The number of para-hydroxylation sites is 2. The summed E-state index contributed by atoms with van der Waals surface area (Å²) >= 11 is 0. The number of carbonyl (C=O) groups is 3.